The minimum Gasteiger partial charge on any atom is -0.479 e. The second kappa shape index (κ2) is 4.31. The van der Waals surface area contributed by atoms with Crippen LogP contribution in [0.3, 0.4) is 0 Å². The van der Waals surface area contributed by atoms with Crippen LogP contribution in [-0.2, 0) is 11.0 Å². The van der Waals surface area contributed by atoms with Crippen LogP contribution in [-0.4, -0.2) is 16.2 Å². The molecule has 0 radical (unpaired) electrons. The summed E-state index contributed by atoms with van der Waals surface area (Å²) in [5.74, 6) is -1.79. The molecule has 1 aromatic carbocycles. The highest BCUT2D eigenvalue weighted by molar-refractivity contribution is 6.31. The number of benzene rings is 1. The van der Waals surface area contributed by atoms with Gasteiger partial charge in [-0.2, -0.15) is 13.2 Å². The smallest absolute Gasteiger partial charge is 0.416 e. The van der Waals surface area contributed by atoms with Crippen LogP contribution in [0.15, 0.2) is 18.2 Å². The lowest BCUT2D eigenvalue weighted by Gasteiger charge is -2.16. The van der Waals surface area contributed by atoms with Crippen molar-refractivity contribution in [3.8, 4) is 0 Å². The topological polar surface area (TPSA) is 57.5 Å². The maximum absolute atomic E-state index is 12.5. The fraction of sp³-hybridized carbons (Fsp3) is 0.222. The number of aliphatic hydroxyl groups excluding tert-OH is 1. The molecule has 2 N–H and O–H groups in total. The maximum atomic E-state index is 12.5. The van der Waals surface area contributed by atoms with E-state index in [1.54, 1.807) is 0 Å². The largest absolute Gasteiger partial charge is 0.479 e. The number of alkyl halides is 3. The first-order chi connectivity index (χ1) is 7.25. The van der Waals surface area contributed by atoms with E-state index in [-0.39, 0.29) is 0 Å². The van der Waals surface area contributed by atoms with Crippen molar-refractivity contribution in [3.05, 3.63) is 34.3 Å². The van der Waals surface area contributed by atoms with Crippen molar-refractivity contribution in [2.45, 2.75) is 12.3 Å². The quantitative estimate of drug-likeness (QED) is 0.852. The lowest BCUT2D eigenvalue weighted by Crippen LogP contribution is -2.17. The standard InChI is InChI=1S/C9H6ClF3O3/c10-5-3-1-2-4(9(11,12)13)6(5)7(14)8(15)16/h1-3,7,14H,(H,15,16). The molecule has 0 spiro atoms. The first-order valence-corrected chi connectivity index (χ1v) is 4.39. The molecule has 1 aromatic rings. The molecule has 0 saturated carbocycles. The third-order valence-corrected chi connectivity index (χ3v) is 2.20. The highest BCUT2D eigenvalue weighted by Crippen LogP contribution is 2.38. The van der Waals surface area contributed by atoms with Gasteiger partial charge in [-0.05, 0) is 12.1 Å². The molecule has 0 aromatic heterocycles. The molecule has 1 rings (SSSR count). The van der Waals surface area contributed by atoms with Gasteiger partial charge in [0.25, 0.3) is 0 Å². The number of carboxylic acid groups (broad SMARTS) is 1. The summed E-state index contributed by atoms with van der Waals surface area (Å²) in [6.45, 7) is 0. The zero-order chi connectivity index (χ0) is 12.5. The van der Waals surface area contributed by atoms with Crippen molar-refractivity contribution in [3.63, 3.8) is 0 Å². The van der Waals surface area contributed by atoms with Crippen LogP contribution in [0.25, 0.3) is 0 Å². The Morgan fingerprint density at radius 1 is 1.38 bits per heavy atom. The number of carbonyl (C=O) groups is 1. The predicted molar refractivity (Wildman–Crippen MR) is 49.0 cm³/mol. The number of halogens is 4. The van der Waals surface area contributed by atoms with Gasteiger partial charge in [-0.15, -0.1) is 0 Å². The Balaban J connectivity index is 3.41. The normalized spacial score (nSPS) is 13.6. The average molecular weight is 255 g/mol. The fourth-order valence-corrected chi connectivity index (χ4v) is 1.46. The first kappa shape index (κ1) is 12.8. The molecular weight excluding hydrogens is 249 g/mol. The molecule has 1 atom stereocenters. The third-order valence-electron chi connectivity index (χ3n) is 1.87. The van der Waals surface area contributed by atoms with Gasteiger partial charge >= 0.3 is 12.1 Å². The van der Waals surface area contributed by atoms with Gasteiger partial charge in [0.05, 0.1) is 5.56 Å². The third kappa shape index (κ3) is 2.45. The summed E-state index contributed by atoms with van der Waals surface area (Å²) in [5, 5.41) is 17.2. The highest BCUT2D eigenvalue weighted by Gasteiger charge is 2.37. The van der Waals surface area contributed by atoms with Crippen molar-refractivity contribution in [1.82, 2.24) is 0 Å². The molecule has 7 heteroatoms. The minimum atomic E-state index is -4.77. The summed E-state index contributed by atoms with van der Waals surface area (Å²) in [6.07, 6.45) is -7.07. The number of carboxylic acids is 1. The van der Waals surface area contributed by atoms with Crippen molar-refractivity contribution in [2.24, 2.45) is 0 Å². The van der Waals surface area contributed by atoms with Gasteiger partial charge in [0.2, 0.25) is 0 Å². The van der Waals surface area contributed by atoms with Crippen LogP contribution < -0.4 is 0 Å². The first-order valence-electron chi connectivity index (χ1n) is 4.01. The highest BCUT2D eigenvalue weighted by atomic mass is 35.5. The summed E-state index contributed by atoms with van der Waals surface area (Å²) in [7, 11) is 0. The molecular formula is C9H6ClF3O3. The molecule has 0 bridgehead atoms. The summed E-state index contributed by atoms with van der Waals surface area (Å²) >= 11 is 5.45. The summed E-state index contributed by atoms with van der Waals surface area (Å²) in [6, 6.07) is 2.77. The molecule has 0 heterocycles. The van der Waals surface area contributed by atoms with E-state index in [2.05, 4.69) is 0 Å². The van der Waals surface area contributed by atoms with Gasteiger partial charge in [0, 0.05) is 10.6 Å². The molecule has 16 heavy (non-hydrogen) atoms. The van der Waals surface area contributed by atoms with E-state index in [1.807, 2.05) is 0 Å². The molecule has 0 amide bonds. The Kier molecular flexibility index (Phi) is 3.44. The zero-order valence-electron chi connectivity index (χ0n) is 7.62. The van der Waals surface area contributed by atoms with Gasteiger partial charge in [-0.25, -0.2) is 4.79 Å². The predicted octanol–water partition coefficient (Wildman–Crippen LogP) is 2.48. The van der Waals surface area contributed by atoms with Crippen LogP contribution >= 0.6 is 11.6 Å². The monoisotopic (exact) mass is 254 g/mol. The SMILES string of the molecule is O=C(O)C(O)c1c(Cl)cccc1C(F)(F)F. The van der Waals surface area contributed by atoms with E-state index in [0.717, 1.165) is 12.1 Å². The Morgan fingerprint density at radius 3 is 2.38 bits per heavy atom. The maximum Gasteiger partial charge on any atom is 0.416 e. The summed E-state index contributed by atoms with van der Waals surface area (Å²) in [4.78, 5) is 10.5. The van der Waals surface area contributed by atoms with Crippen molar-refractivity contribution in [1.29, 1.82) is 0 Å². The second-order valence-corrected chi connectivity index (χ2v) is 3.35. The molecule has 1 unspecified atom stereocenters. The Hall–Kier alpha value is -1.27. The zero-order valence-corrected chi connectivity index (χ0v) is 8.38. The molecule has 0 saturated heterocycles. The molecule has 0 aliphatic carbocycles. The van der Waals surface area contributed by atoms with Gasteiger partial charge in [-0.1, -0.05) is 17.7 Å². The number of hydrogen-bond acceptors (Lipinski definition) is 2. The van der Waals surface area contributed by atoms with E-state index >= 15 is 0 Å². The fourth-order valence-electron chi connectivity index (χ4n) is 1.19. The van der Waals surface area contributed by atoms with Crippen LogP contribution in [0.2, 0.25) is 5.02 Å². The molecule has 0 aliphatic heterocycles. The van der Waals surface area contributed by atoms with Gasteiger partial charge < -0.3 is 10.2 Å². The number of aliphatic hydroxyl groups is 1. The average Bonchev–Trinajstić information content (AvgIpc) is 2.14. The molecule has 0 fully saturated rings. The number of rotatable bonds is 2. The van der Waals surface area contributed by atoms with E-state index in [4.69, 9.17) is 21.8 Å². The molecule has 88 valence electrons. The van der Waals surface area contributed by atoms with Crippen LogP contribution in [0, 0.1) is 0 Å². The van der Waals surface area contributed by atoms with Crippen molar-refractivity contribution < 1.29 is 28.2 Å². The second-order valence-electron chi connectivity index (χ2n) is 2.94. The van der Waals surface area contributed by atoms with Crippen molar-refractivity contribution >= 4 is 17.6 Å². The molecule has 0 aliphatic rings. The van der Waals surface area contributed by atoms with E-state index in [0.29, 0.717) is 6.07 Å². The Bertz CT molecular complexity index is 417. The Labute approximate surface area is 93.1 Å². The van der Waals surface area contributed by atoms with Gasteiger partial charge in [0.15, 0.2) is 6.10 Å². The minimum absolute atomic E-state index is 0.440. The van der Waals surface area contributed by atoms with Gasteiger partial charge in [-0.3, -0.25) is 0 Å². The molecule has 3 nitrogen and oxygen atoms in total. The van der Waals surface area contributed by atoms with Crippen LogP contribution in [0.1, 0.15) is 17.2 Å². The summed E-state index contributed by atoms with van der Waals surface area (Å²) in [5.41, 5.74) is -2.10. The van der Waals surface area contributed by atoms with Crippen molar-refractivity contribution in [2.75, 3.05) is 0 Å². The lowest BCUT2D eigenvalue weighted by molar-refractivity contribution is -0.149. The van der Waals surface area contributed by atoms with E-state index in [1.165, 1.54) is 0 Å². The van der Waals surface area contributed by atoms with Crippen LogP contribution in [0.4, 0.5) is 13.2 Å². The van der Waals surface area contributed by atoms with E-state index in [9.17, 15) is 18.0 Å². The van der Waals surface area contributed by atoms with Crippen LogP contribution in [0.5, 0.6) is 0 Å². The Morgan fingerprint density at radius 2 is 1.94 bits per heavy atom. The summed E-state index contributed by atoms with van der Waals surface area (Å²) < 4.78 is 37.5. The lowest BCUT2D eigenvalue weighted by atomic mass is 10.0. The van der Waals surface area contributed by atoms with Gasteiger partial charge in [0.1, 0.15) is 0 Å². The van der Waals surface area contributed by atoms with E-state index < -0.39 is 34.4 Å². The number of hydrogen-bond donors (Lipinski definition) is 2. The number of aliphatic carboxylic acids is 1.